The second-order valence-corrected chi connectivity index (χ2v) is 3.60. The summed E-state index contributed by atoms with van der Waals surface area (Å²) in [5.41, 5.74) is 6.23. The highest BCUT2D eigenvalue weighted by Crippen LogP contribution is 2.17. The summed E-state index contributed by atoms with van der Waals surface area (Å²) in [7, 11) is 0. The van der Waals surface area contributed by atoms with E-state index in [0.717, 1.165) is 6.54 Å². The van der Waals surface area contributed by atoms with E-state index in [9.17, 15) is 4.79 Å². The van der Waals surface area contributed by atoms with E-state index in [0.29, 0.717) is 17.1 Å². The molecule has 4 heteroatoms. The lowest BCUT2D eigenvalue weighted by atomic mass is 10.3. The Hall–Kier alpha value is -2.23. The summed E-state index contributed by atoms with van der Waals surface area (Å²) in [4.78, 5) is 11.8. The smallest absolute Gasteiger partial charge is 0.347 e. The van der Waals surface area contributed by atoms with Gasteiger partial charge in [-0.3, -0.25) is 0 Å². The van der Waals surface area contributed by atoms with Crippen LogP contribution in [0.15, 0.2) is 42.6 Å². The van der Waals surface area contributed by atoms with Crippen molar-refractivity contribution in [2.24, 2.45) is 0 Å². The van der Waals surface area contributed by atoms with Gasteiger partial charge in [0.25, 0.3) is 0 Å². The largest absolute Gasteiger partial charge is 0.423 e. The molecule has 1 aromatic heterocycles. The molecule has 17 heavy (non-hydrogen) atoms. The minimum absolute atomic E-state index is 0.399. The number of aromatic nitrogens is 1. The first-order chi connectivity index (χ1) is 8.22. The van der Waals surface area contributed by atoms with Crippen molar-refractivity contribution in [3.63, 3.8) is 0 Å². The van der Waals surface area contributed by atoms with Crippen molar-refractivity contribution in [3.8, 4) is 5.75 Å². The second-order valence-electron chi connectivity index (χ2n) is 3.60. The lowest BCUT2D eigenvalue weighted by Crippen LogP contribution is -2.11. The zero-order valence-corrected chi connectivity index (χ0v) is 9.59. The van der Waals surface area contributed by atoms with Crippen molar-refractivity contribution in [2.75, 3.05) is 5.73 Å². The Labute approximate surface area is 99.6 Å². The van der Waals surface area contributed by atoms with Crippen LogP contribution in [0.5, 0.6) is 5.75 Å². The minimum atomic E-state index is -0.430. The van der Waals surface area contributed by atoms with Gasteiger partial charge in [0.2, 0.25) is 0 Å². The molecule has 4 nitrogen and oxygen atoms in total. The molecule has 0 aliphatic heterocycles. The number of para-hydroxylation sites is 1. The number of aryl methyl sites for hydroxylation is 1. The summed E-state index contributed by atoms with van der Waals surface area (Å²) < 4.78 is 7.00. The van der Waals surface area contributed by atoms with Crippen molar-refractivity contribution >= 4 is 11.8 Å². The fourth-order valence-electron chi connectivity index (χ4n) is 1.58. The molecule has 2 rings (SSSR count). The quantitative estimate of drug-likeness (QED) is 0.650. The van der Waals surface area contributed by atoms with Crippen LogP contribution in [0, 0.1) is 0 Å². The number of esters is 1. The molecule has 1 aromatic carbocycles. The fourth-order valence-corrected chi connectivity index (χ4v) is 1.58. The molecule has 0 saturated carbocycles. The van der Waals surface area contributed by atoms with Gasteiger partial charge in [-0.05, 0) is 25.1 Å². The number of carbonyl (C=O) groups is 1. The van der Waals surface area contributed by atoms with Crippen molar-refractivity contribution < 1.29 is 9.53 Å². The topological polar surface area (TPSA) is 57.2 Å². The fraction of sp³-hybridized carbons (Fsp3) is 0.154. The van der Waals surface area contributed by atoms with Crippen LogP contribution in [0.2, 0.25) is 0 Å². The highest BCUT2D eigenvalue weighted by atomic mass is 16.5. The molecule has 0 spiro atoms. The van der Waals surface area contributed by atoms with Gasteiger partial charge in [-0.2, -0.15) is 0 Å². The maximum Gasteiger partial charge on any atom is 0.347 e. The first kappa shape index (κ1) is 11.3. The Bertz CT molecular complexity index is 517. The highest BCUT2D eigenvalue weighted by Gasteiger charge is 2.15. The second kappa shape index (κ2) is 4.74. The Morgan fingerprint density at radius 1 is 1.29 bits per heavy atom. The first-order valence-electron chi connectivity index (χ1n) is 5.44. The molecule has 0 radical (unpaired) electrons. The third kappa shape index (κ3) is 2.30. The van der Waals surface area contributed by atoms with E-state index < -0.39 is 5.97 Å². The van der Waals surface area contributed by atoms with E-state index in [1.165, 1.54) is 0 Å². The summed E-state index contributed by atoms with van der Waals surface area (Å²) in [5.74, 6) is 0.524. The van der Waals surface area contributed by atoms with Gasteiger partial charge in [-0.15, -0.1) is 0 Å². The summed E-state index contributed by atoms with van der Waals surface area (Å²) in [6.45, 7) is 2.69. The molecule has 1 heterocycles. The molecule has 0 amide bonds. The van der Waals surface area contributed by atoms with E-state index >= 15 is 0 Å². The van der Waals surface area contributed by atoms with Gasteiger partial charge in [-0.25, -0.2) is 4.79 Å². The van der Waals surface area contributed by atoms with Crippen molar-refractivity contribution in [1.29, 1.82) is 0 Å². The van der Waals surface area contributed by atoms with Crippen LogP contribution < -0.4 is 10.5 Å². The summed E-state index contributed by atoms with van der Waals surface area (Å²) in [5, 5.41) is 0. The van der Waals surface area contributed by atoms with Crippen LogP contribution >= 0.6 is 0 Å². The number of nitrogens with zero attached hydrogens (tertiary/aromatic N) is 1. The third-order valence-electron chi connectivity index (χ3n) is 2.52. The molecular weight excluding hydrogens is 216 g/mol. The summed E-state index contributed by atoms with van der Waals surface area (Å²) >= 11 is 0. The van der Waals surface area contributed by atoms with Crippen LogP contribution in [0.25, 0.3) is 0 Å². The highest BCUT2D eigenvalue weighted by molar-refractivity contribution is 5.95. The normalized spacial score (nSPS) is 10.2. The molecule has 0 aliphatic carbocycles. The molecular formula is C13H14N2O2. The summed E-state index contributed by atoms with van der Waals surface area (Å²) in [6.07, 6.45) is 1.77. The van der Waals surface area contributed by atoms with Crippen LogP contribution in [0.4, 0.5) is 5.82 Å². The Kier molecular flexibility index (Phi) is 3.14. The van der Waals surface area contributed by atoms with Gasteiger partial charge in [-0.1, -0.05) is 18.2 Å². The molecule has 88 valence electrons. The van der Waals surface area contributed by atoms with Crippen LogP contribution in [-0.4, -0.2) is 10.5 Å². The molecule has 0 unspecified atom stereocenters. The Morgan fingerprint density at radius 2 is 2.00 bits per heavy atom. The van der Waals surface area contributed by atoms with Gasteiger partial charge in [0.05, 0.1) is 0 Å². The number of carbonyl (C=O) groups excluding carboxylic acids is 1. The van der Waals surface area contributed by atoms with Gasteiger partial charge in [0.15, 0.2) is 0 Å². The van der Waals surface area contributed by atoms with Gasteiger partial charge >= 0.3 is 5.97 Å². The van der Waals surface area contributed by atoms with Gasteiger partial charge in [0, 0.05) is 12.7 Å². The zero-order valence-electron chi connectivity index (χ0n) is 9.59. The van der Waals surface area contributed by atoms with E-state index in [-0.39, 0.29) is 0 Å². The standard InChI is InChI=1S/C13H14N2O2/c1-2-15-9-8-11(12(15)14)13(16)17-10-6-4-3-5-7-10/h3-9H,2,14H2,1H3. The zero-order chi connectivity index (χ0) is 12.3. The summed E-state index contributed by atoms with van der Waals surface area (Å²) in [6, 6.07) is 10.6. The molecule has 0 atom stereocenters. The minimum Gasteiger partial charge on any atom is -0.423 e. The first-order valence-corrected chi connectivity index (χ1v) is 5.44. The SMILES string of the molecule is CCn1ccc(C(=O)Oc2ccccc2)c1N. The van der Waals surface area contributed by atoms with Gasteiger partial charge < -0.3 is 15.0 Å². The lowest BCUT2D eigenvalue weighted by molar-refractivity contribution is 0.0736. The van der Waals surface area contributed by atoms with Crippen molar-refractivity contribution in [3.05, 3.63) is 48.2 Å². The number of anilines is 1. The number of nitrogens with two attached hydrogens (primary N) is 1. The average molecular weight is 230 g/mol. The predicted octanol–water partition coefficient (Wildman–Crippen LogP) is 2.31. The van der Waals surface area contributed by atoms with E-state index in [4.69, 9.17) is 10.5 Å². The van der Waals surface area contributed by atoms with Crippen LogP contribution in [0.3, 0.4) is 0 Å². The van der Waals surface area contributed by atoms with Crippen LogP contribution in [0.1, 0.15) is 17.3 Å². The number of benzene rings is 1. The van der Waals surface area contributed by atoms with E-state index in [2.05, 4.69) is 0 Å². The monoisotopic (exact) mass is 230 g/mol. The van der Waals surface area contributed by atoms with Gasteiger partial charge in [0.1, 0.15) is 17.1 Å². The number of hydrogen-bond acceptors (Lipinski definition) is 3. The number of nitrogen functional groups attached to an aromatic ring is 1. The van der Waals surface area contributed by atoms with Crippen molar-refractivity contribution in [1.82, 2.24) is 4.57 Å². The number of rotatable bonds is 3. The van der Waals surface area contributed by atoms with E-state index in [1.54, 1.807) is 29.0 Å². The molecule has 0 saturated heterocycles. The molecule has 0 aliphatic rings. The molecule has 0 bridgehead atoms. The maximum absolute atomic E-state index is 11.8. The molecule has 2 N–H and O–H groups in total. The Balaban J connectivity index is 2.18. The Morgan fingerprint density at radius 3 is 2.59 bits per heavy atom. The van der Waals surface area contributed by atoms with Crippen molar-refractivity contribution in [2.45, 2.75) is 13.5 Å². The number of ether oxygens (including phenoxy) is 1. The lowest BCUT2D eigenvalue weighted by Gasteiger charge is -2.05. The number of hydrogen-bond donors (Lipinski definition) is 1. The average Bonchev–Trinajstić information content (AvgIpc) is 2.71. The predicted molar refractivity (Wildman–Crippen MR) is 65.9 cm³/mol. The van der Waals surface area contributed by atoms with Crippen LogP contribution in [-0.2, 0) is 6.54 Å². The third-order valence-corrected chi connectivity index (χ3v) is 2.52. The maximum atomic E-state index is 11.8. The molecule has 2 aromatic rings. The molecule has 0 fully saturated rings. The van der Waals surface area contributed by atoms with E-state index in [1.807, 2.05) is 25.1 Å².